The molecule has 1 fully saturated rings. The highest BCUT2D eigenvalue weighted by Crippen LogP contribution is 2.27. The second-order valence-electron chi connectivity index (χ2n) is 6.00. The summed E-state index contributed by atoms with van der Waals surface area (Å²) in [5, 5.41) is 2.85. The lowest BCUT2D eigenvalue weighted by atomic mass is 9.99. The fourth-order valence-electron chi connectivity index (χ4n) is 2.97. The standard InChI is InChI=1S/C19H20N2O2/c1-14-6-5-9-17(10-14)20-18(22)13-21-12-16(11-19(21)23)15-7-3-2-4-8-15/h2-10,16H,11-13H2,1H3,(H,20,22). The molecular formula is C19H20N2O2. The summed E-state index contributed by atoms with van der Waals surface area (Å²) in [6.07, 6.45) is 0.474. The maximum absolute atomic E-state index is 12.2. The van der Waals surface area contributed by atoms with Crippen LogP contribution in [0.4, 0.5) is 5.69 Å². The molecule has 23 heavy (non-hydrogen) atoms. The molecule has 1 N–H and O–H groups in total. The molecule has 1 unspecified atom stereocenters. The number of amides is 2. The third-order valence-electron chi connectivity index (χ3n) is 4.12. The summed E-state index contributed by atoms with van der Waals surface area (Å²) in [5.41, 5.74) is 3.01. The number of aryl methyl sites for hydroxylation is 1. The number of hydrogen-bond acceptors (Lipinski definition) is 2. The zero-order valence-electron chi connectivity index (χ0n) is 13.2. The smallest absolute Gasteiger partial charge is 0.243 e. The first-order valence-electron chi connectivity index (χ1n) is 7.81. The van der Waals surface area contributed by atoms with Crippen molar-refractivity contribution in [1.82, 2.24) is 4.90 Å². The van der Waals surface area contributed by atoms with Gasteiger partial charge in [-0.2, -0.15) is 0 Å². The maximum atomic E-state index is 12.2. The Labute approximate surface area is 136 Å². The van der Waals surface area contributed by atoms with Crippen LogP contribution in [-0.2, 0) is 9.59 Å². The molecule has 0 aromatic heterocycles. The van der Waals surface area contributed by atoms with E-state index in [0.29, 0.717) is 13.0 Å². The monoisotopic (exact) mass is 308 g/mol. The Morgan fingerprint density at radius 3 is 2.70 bits per heavy atom. The van der Waals surface area contributed by atoms with Crippen molar-refractivity contribution in [2.75, 3.05) is 18.4 Å². The van der Waals surface area contributed by atoms with Crippen molar-refractivity contribution in [3.63, 3.8) is 0 Å². The minimum absolute atomic E-state index is 0.0400. The Hall–Kier alpha value is -2.62. The van der Waals surface area contributed by atoms with Crippen LogP contribution in [0.3, 0.4) is 0 Å². The Kier molecular flexibility index (Phi) is 4.42. The molecule has 0 saturated carbocycles. The molecule has 0 spiro atoms. The molecule has 1 saturated heterocycles. The number of likely N-dealkylation sites (tertiary alicyclic amines) is 1. The van der Waals surface area contributed by atoms with E-state index in [9.17, 15) is 9.59 Å². The van der Waals surface area contributed by atoms with Crippen LogP contribution in [0, 0.1) is 6.92 Å². The Morgan fingerprint density at radius 1 is 1.17 bits per heavy atom. The van der Waals surface area contributed by atoms with E-state index in [0.717, 1.165) is 16.8 Å². The summed E-state index contributed by atoms with van der Waals surface area (Å²) in [4.78, 5) is 26.0. The minimum Gasteiger partial charge on any atom is -0.333 e. The first kappa shape index (κ1) is 15.3. The normalized spacial score (nSPS) is 17.3. The molecule has 4 heteroatoms. The number of rotatable bonds is 4. The lowest BCUT2D eigenvalue weighted by Gasteiger charge is -2.16. The van der Waals surface area contributed by atoms with Gasteiger partial charge in [-0.3, -0.25) is 9.59 Å². The van der Waals surface area contributed by atoms with Crippen molar-refractivity contribution in [3.05, 3.63) is 65.7 Å². The van der Waals surface area contributed by atoms with Gasteiger partial charge in [0, 0.05) is 24.6 Å². The summed E-state index contributed by atoms with van der Waals surface area (Å²) in [7, 11) is 0. The Balaban J connectivity index is 1.60. The van der Waals surface area contributed by atoms with Gasteiger partial charge < -0.3 is 10.2 Å². The molecule has 0 radical (unpaired) electrons. The number of benzene rings is 2. The highest BCUT2D eigenvalue weighted by atomic mass is 16.2. The summed E-state index contributed by atoms with van der Waals surface area (Å²) >= 11 is 0. The van der Waals surface area contributed by atoms with Gasteiger partial charge in [0.25, 0.3) is 0 Å². The molecule has 2 aromatic carbocycles. The first-order chi connectivity index (χ1) is 11.1. The summed E-state index contributed by atoms with van der Waals surface area (Å²) in [5.74, 6) is 0.0615. The molecule has 3 rings (SSSR count). The van der Waals surface area contributed by atoms with Gasteiger partial charge in [0.2, 0.25) is 11.8 Å². The van der Waals surface area contributed by atoms with Gasteiger partial charge in [-0.1, -0.05) is 42.5 Å². The number of hydrogen-bond donors (Lipinski definition) is 1. The van der Waals surface area contributed by atoms with Crippen LogP contribution in [0.15, 0.2) is 54.6 Å². The summed E-state index contributed by atoms with van der Waals surface area (Å²) in [6.45, 7) is 2.68. The van der Waals surface area contributed by atoms with E-state index in [1.807, 2.05) is 61.5 Å². The molecule has 4 nitrogen and oxygen atoms in total. The molecule has 0 bridgehead atoms. The highest BCUT2D eigenvalue weighted by Gasteiger charge is 2.31. The van der Waals surface area contributed by atoms with E-state index in [1.165, 1.54) is 0 Å². The molecule has 2 aromatic rings. The highest BCUT2D eigenvalue weighted by molar-refractivity contribution is 5.95. The van der Waals surface area contributed by atoms with Crippen LogP contribution >= 0.6 is 0 Å². The summed E-state index contributed by atoms with van der Waals surface area (Å²) < 4.78 is 0. The van der Waals surface area contributed by atoms with Crippen LogP contribution in [0.25, 0.3) is 0 Å². The van der Waals surface area contributed by atoms with E-state index in [-0.39, 0.29) is 24.3 Å². The van der Waals surface area contributed by atoms with Gasteiger partial charge in [-0.15, -0.1) is 0 Å². The van der Waals surface area contributed by atoms with Gasteiger partial charge >= 0.3 is 0 Å². The van der Waals surface area contributed by atoms with E-state index < -0.39 is 0 Å². The number of anilines is 1. The lowest BCUT2D eigenvalue weighted by molar-refractivity contribution is -0.131. The van der Waals surface area contributed by atoms with E-state index in [4.69, 9.17) is 0 Å². The molecule has 1 atom stereocenters. The number of carbonyl (C=O) groups is 2. The molecule has 1 aliphatic heterocycles. The van der Waals surface area contributed by atoms with Gasteiger partial charge in [0.05, 0.1) is 6.54 Å². The van der Waals surface area contributed by atoms with Crippen LogP contribution in [0.1, 0.15) is 23.5 Å². The third kappa shape index (κ3) is 3.77. The topological polar surface area (TPSA) is 49.4 Å². The van der Waals surface area contributed by atoms with Crippen molar-refractivity contribution in [2.45, 2.75) is 19.3 Å². The zero-order chi connectivity index (χ0) is 16.2. The molecular weight excluding hydrogens is 288 g/mol. The Morgan fingerprint density at radius 2 is 1.96 bits per heavy atom. The van der Waals surface area contributed by atoms with Crippen molar-refractivity contribution < 1.29 is 9.59 Å². The largest absolute Gasteiger partial charge is 0.333 e. The Bertz CT molecular complexity index is 712. The first-order valence-corrected chi connectivity index (χ1v) is 7.81. The predicted octanol–water partition coefficient (Wildman–Crippen LogP) is 2.95. The van der Waals surface area contributed by atoms with Crippen LogP contribution in [-0.4, -0.2) is 29.8 Å². The quantitative estimate of drug-likeness (QED) is 0.944. The average Bonchev–Trinajstić information content (AvgIpc) is 2.89. The summed E-state index contributed by atoms with van der Waals surface area (Å²) in [6, 6.07) is 17.6. The molecule has 0 aliphatic carbocycles. The van der Waals surface area contributed by atoms with Gasteiger partial charge in [-0.05, 0) is 30.2 Å². The van der Waals surface area contributed by atoms with Crippen molar-refractivity contribution in [2.24, 2.45) is 0 Å². The predicted molar refractivity (Wildman–Crippen MR) is 90.2 cm³/mol. The van der Waals surface area contributed by atoms with Crippen LogP contribution in [0.5, 0.6) is 0 Å². The average molecular weight is 308 g/mol. The second kappa shape index (κ2) is 6.65. The molecule has 1 aliphatic rings. The number of carbonyl (C=O) groups excluding carboxylic acids is 2. The lowest BCUT2D eigenvalue weighted by Crippen LogP contribution is -2.34. The van der Waals surface area contributed by atoms with Gasteiger partial charge in [0.15, 0.2) is 0 Å². The molecule has 1 heterocycles. The van der Waals surface area contributed by atoms with E-state index >= 15 is 0 Å². The van der Waals surface area contributed by atoms with Crippen molar-refractivity contribution >= 4 is 17.5 Å². The van der Waals surface area contributed by atoms with Gasteiger partial charge in [-0.25, -0.2) is 0 Å². The minimum atomic E-state index is -0.155. The fourth-order valence-corrected chi connectivity index (χ4v) is 2.97. The maximum Gasteiger partial charge on any atom is 0.243 e. The third-order valence-corrected chi connectivity index (χ3v) is 4.12. The SMILES string of the molecule is Cc1cccc(NC(=O)CN2CC(c3ccccc3)CC2=O)c1. The van der Waals surface area contributed by atoms with Crippen LogP contribution < -0.4 is 5.32 Å². The second-order valence-corrected chi connectivity index (χ2v) is 6.00. The number of nitrogens with zero attached hydrogens (tertiary/aromatic N) is 1. The van der Waals surface area contributed by atoms with E-state index in [2.05, 4.69) is 5.32 Å². The van der Waals surface area contributed by atoms with Gasteiger partial charge in [0.1, 0.15) is 0 Å². The number of nitrogens with one attached hydrogen (secondary N) is 1. The van der Waals surface area contributed by atoms with E-state index in [1.54, 1.807) is 4.90 Å². The van der Waals surface area contributed by atoms with Crippen molar-refractivity contribution in [3.8, 4) is 0 Å². The van der Waals surface area contributed by atoms with Crippen molar-refractivity contribution in [1.29, 1.82) is 0 Å². The molecule has 118 valence electrons. The zero-order valence-corrected chi connectivity index (χ0v) is 13.2. The van der Waals surface area contributed by atoms with Crippen LogP contribution in [0.2, 0.25) is 0 Å². The molecule has 2 amide bonds. The fraction of sp³-hybridized carbons (Fsp3) is 0.263.